The molecular weight excluding hydrogens is 300 g/mol. The van der Waals surface area contributed by atoms with Crippen LogP contribution in [0.3, 0.4) is 0 Å². The van der Waals surface area contributed by atoms with Crippen LogP contribution >= 0.6 is 0 Å². The van der Waals surface area contributed by atoms with Gasteiger partial charge in [0.05, 0.1) is 7.11 Å². The van der Waals surface area contributed by atoms with Crippen molar-refractivity contribution in [3.63, 3.8) is 0 Å². The van der Waals surface area contributed by atoms with Gasteiger partial charge in [0.15, 0.2) is 5.96 Å². The van der Waals surface area contributed by atoms with Crippen molar-refractivity contribution >= 4 is 5.96 Å². The summed E-state index contributed by atoms with van der Waals surface area (Å²) in [5.74, 6) is 1.41. The molecule has 24 heavy (non-hydrogen) atoms. The molecule has 0 aliphatic heterocycles. The topological polar surface area (TPSA) is 58.5 Å². The molecule has 1 heterocycles. The molecule has 1 aromatic carbocycles. The Morgan fingerprint density at radius 3 is 2.42 bits per heavy atom. The first-order chi connectivity index (χ1) is 11.6. The number of guanidine groups is 1. The van der Waals surface area contributed by atoms with Gasteiger partial charge in [0, 0.05) is 32.4 Å². The summed E-state index contributed by atoms with van der Waals surface area (Å²) >= 11 is 0. The lowest BCUT2D eigenvalue weighted by atomic mass is 10.1. The second kappa shape index (κ2) is 8.91. The SMILES string of the molecule is CN=C(NCCc1cc(C)cc(C)c1)NCc1ccc(OC)nc1. The molecule has 0 saturated carbocycles. The van der Waals surface area contributed by atoms with Gasteiger partial charge in [-0.3, -0.25) is 4.99 Å². The number of methoxy groups -OCH3 is 1. The summed E-state index contributed by atoms with van der Waals surface area (Å²) in [5.41, 5.74) is 5.03. The second-order valence-corrected chi connectivity index (χ2v) is 5.81. The van der Waals surface area contributed by atoms with E-state index in [-0.39, 0.29) is 0 Å². The van der Waals surface area contributed by atoms with Crippen molar-refractivity contribution in [2.45, 2.75) is 26.8 Å². The van der Waals surface area contributed by atoms with Crippen LogP contribution in [0.25, 0.3) is 0 Å². The van der Waals surface area contributed by atoms with E-state index in [4.69, 9.17) is 4.74 Å². The average Bonchev–Trinajstić information content (AvgIpc) is 2.57. The second-order valence-electron chi connectivity index (χ2n) is 5.81. The Hall–Kier alpha value is -2.56. The molecule has 5 heteroatoms. The summed E-state index contributed by atoms with van der Waals surface area (Å²) in [7, 11) is 3.39. The van der Waals surface area contributed by atoms with Crippen LogP contribution in [0.5, 0.6) is 5.88 Å². The number of benzene rings is 1. The van der Waals surface area contributed by atoms with E-state index in [0.717, 1.165) is 24.5 Å². The number of hydrogen-bond donors (Lipinski definition) is 2. The maximum atomic E-state index is 5.06. The van der Waals surface area contributed by atoms with Crippen LogP contribution < -0.4 is 15.4 Å². The zero-order chi connectivity index (χ0) is 17.4. The van der Waals surface area contributed by atoms with Gasteiger partial charge in [0.25, 0.3) is 0 Å². The summed E-state index contributed by atoms with van der Waals surface area (Å²) in [6, 6.07) is 10.5. The smallest absolute Gasteiger partial charge is 0.212 e. The Morgan fingerprint density at radius 2 is 1.83 bits per heavy atom. The predicted molar refractivity (Wildman–Crippen MR) is 98.6 cm³/mol. The molecule has 0 amide bonds. The molecule has 0 aliphatic carbocycles. The molecule has 128 valence electrons. The van der Waals surface area contributed by atoms with Crippen molar-refractivity contribution in [1.29, 1.82) is 0 Å². The van der Waals surface area contributed by atoms with Crippen molar-refractivity contribution in [2.24, 2.45) is 4.99 Å². The maximum absolute atomic E-state index is 5.06. The van der Waals surface area contributed by atoms with Gasteiger partial charge in [-0.1, -0.05) is 35.4 Å². The summed E-state index contributed by atoms with van der Waals surface area (Å²) in [5, 5.41) is 6.63. The first-order valence-corrected chi connectivity index (χ1v) is 8.11. The maximum Gasteiger partial charge on any atom is 0.212 e. The predicted octanol–water partition coefficient (Wildman–Crippen LogP) is 2.61. The molecule has 0 spiro atoms. The normalized spacial score (nSPS) is 11.2. The van der Waals surface area contributed by atoms with Crippen LogP contribution in [0.2, 0.25) is 0 Å². The number of aromatic nitrogens is 1. The third-order valence-corrected chi connectivity index (χ3v) is 3.68. The van der Waals surface area contributed by atoms with Gasteiger partial charge in [-0.2, -0.15) is 0 Å². The fraction of sp³-hybridized carbons (Fsp3) is 0.368. The number of pyridine rings is 1. The van der Waals surface area contributed by atoms with E-state index in [0.29, 0.717) is 12.4 Å². The fourth-order valence-corrected chi connectivity index (χ4v) is 2.58. The minimum Gasteiger partial charge on any atom is -0.481 e. The molecule has 2 rings (SSSR count). The van der Waals surface area contributed by atoms with Crippen molar-refractivity contribution in [2.75, 3.05) is 20.7 Å². The molecule has 5 nitrogen and oxygen atoms in total. The quantitative estimate of drug-likeness (QED) is 0.633. The molecule has 0 fully saturated rings. The van der Waals surface area contributed by atoms with Crippen molar-refractivity contribution < 1.29 is 4.74 Å². The third kappa shape index (κ3) is 5.57. The van der Waals surface area contributed by atoms with Crippen molar-refractivity contribution in [3.8, 4) is 5.88 Å². The van der Waals surface area contributed by atoms with Crippen LogP contribution in [0.4, 0.5) is 0 Å². The van der Waals surface area contributed by atoms with Gasteiger partial charge < -0.3 is 15.4 Å². The molecule has 0 saturated heterocycles. The standard InChI is InChI=1S/C19H26N4O/c1-14-9-15(2)11-16(10-14)7-8-21-19(20-3)23-13-17-5-6-18(24-4)22-12-17/h5-6,9-12H,7-8,13H2,1-4H3,(H2,20,21,23). The van der Waals surface area contributed by atoms with Crippen LogP contribution in [0.1, 0.15) is 22.3 Å². The largest absolute Gasteiger partial charge is 0.481 e. The van der Waals surface area contributed by atoms with Crippen molar-refractivity contribution in [3.05, 3.63) is 58.8 Å². The van der Waals surface area contributed by atoms with E-state index >= 15 is 0 Å². The highest BCUT2D eigenvalue weighted by molar-refractivity contribution is 5.79. The van der Waals surface area contributed by atoms with E-state index < -0.39 is 0 Å². The summed E-state index contributed by atoms with van der Waals surface area (Å²) < 4.78 is 5.06. The third-order valence-electron chi connectivity index (χ3n) is 3.68. The lowest BCUT2D eigenvalue weighted by Crippen LogP contribution is -2.37. The Balaban J connectivity index is 1.79. The van der Waals surface area contributed by atoms with Crippen LogP contribution in [0, 0.1) is 13.8 Å². The molecule has 0 unspecified atom stereocenters. The number of rotatable bonds is 6. The van der Waals surface area contributed by atoms with Gasteiger partial charge in [-0.25, -0.2) is 4.98 Å². The fourth-order valence-electron chi connectivity index (χ4n) is 2.58. The molecule has 1 aromatic heterocycles. The summed E-state index contributed by atoms with van der Waals surface area (Å²) in [6.07, 6.45) is 2.77. The Bertz CT molecular complexity index is 660. The molecular formula is C19H26N4O. The molecule has 2 N–H and O–H groups in total. The molecule has 0 aliphatic rings. The lowest BCUT2D eigenvalue weighted by molar-refractivity contribution is 0.397. The average molecular weight is 326 g/mol. The summed E-state index contributed by atoms with van der Waals surface area (Å²) in [4.78, 5) is 8.45. The lowest BCUT2D eigenvalue weighted by Gasteiger charge is -2.12. The molecule has 0 bridgehead atoms. The minimum absolute atomic E-state index is 0.620. The highest BCUT2D eigenvalue weighted by Crippen LogP contribution is 2.09. The number of nitrogens with zero attached hydrogens (tertiary/aromatic N) is 2. The minimum atomic E-state index is 0.620. The van der Waals surface area contributed by atoms with E-state index in [9.17, 15) is 0 Å². The van der Waals surface area contributed by atoms with Gasteiger partial charge in [-0.15, -0.1) is 0 Å². The summed E-state index contributed by atoms with van der Waals surface area (Å²) in [6.45, 7) is 5.77. The van der Waals surface area contributed by atoms with Gasteiger partial charge in [-0.05, 0) is 31.4 Å². The Labute approximate surface area is 144 Å². The monoisotopic (exact) mass is 326 g/mol. The number of ether oxygens (including phenoxy) is 1. The first-order valence-electron chi connectivity index (χ1n) is 8.11. The van der Waals surface area contributed by atoms with Gasteiger partial charge >= 0.3 is 0 Å². The van der Waals surface area contributed by atoms with E-state index in [1.807, 2.05) is 12.1 Å². The first kappa shape index (κ1) is 17.8. The molecule has 0 atom stereocenters. The number of nitrogens with one attached hydrogen (secondary N) is 2. The molecule has 0 radical (unpaired) electrons. The van der Waals surface area contributed by atoms with Crippen molar-refractivity contribution in [1.82, 2.24) is 15.6 Å². The van der Waals surface area contributed by atoms with Gasteiger partial charge in [0.2, 0.25) is 5.88 Å². The van der Waals surface area contributed by atoms with E-state index in [1.54, 1.807) is 20.4 Å². The number of aliphatic imine (C=N–C) groups is 1. The zero-order valence-corrected chi connectivity index (χ0v) is 14.9. The zero-order valence-electron chi connectivity index (χ0n) is 14.9. The van der Waals surface area contributed by atoms with Crippen LogP contribution in [0.15, 0.2) is 41.5 Å². The highest BCUT2D eigenvalue weighted by atomic mass is 16.5. The Kier molecular flexibility index (Phi) is 6.61. The van der Waals surface area contributed by atoms with Crippen LogP contribution in [-0.2, 0) is 13.0 Å². The highest BCUT2D eigenvalue weighted by Gasteiger charge is 2.01. The van der Waals surface area contributed by atoms with E-state index in [2.05, 4.69) is 52.7 Å². The Morgan fingerprint density at radius 1 is 1.08 bits per heavy atom. The van der Waals surface area contributed by atoms with Gasteiger partial charge in [0.1, 0.15) is 0 Å². The number of aryl methyl sites for hydroxylation is 2. The molecule has 2 aromatic rings. The number of hydrogen-bond acceptors (Lipinski definition) is 3. The van der Waals surface area contributed by atoms with E-state index in [1.165, 1.54) is 16.7 Å². The van der Waals surface area contributed by atoms with Crippen LogP contribution in [-0.4, -0.2) is 31.6 Å².